The number of nitrogens with one attached hydrogen (secondary N) is 1. The van der Waals surface area contributed by atoms with Crippen LogP contribution in [0.1, 0.15) is 17.0 Å². The molecule has 2 rings (SSSR count). The van der Waals surface area contributed by atoms with Crippen LogP contribution >= 0.6 is 0 Å². The maximum Gasteiger partial charge on any atom is 0.320 e. The number of aromatic nitrogens is 4. The van der Waals surface area contributed by atoms with Crippen molar-refractivity contribution in [2.75, 3.05) is 5.32 Å². The molecular weight excluding hydrogens is 272 g/mol. The monoisotopic (exact) mass is 288 g/mol. The normalized spacial score (nSPS) is 11.9. The van der Waals surface area contributed by atoms with Gasteiger partial charge in [-0.3, -0.25) is 4.79 Å². The fourth-order valence-electron chi connectivity index (χ4n) is 1.67. The Morgan fingerprint density at radius 1 is 1.19 bits per heavy atom. The quantitative estimate of drug-likeness (QED) is 0.685. The van der Waals surface area contributed by atoms with Crippen LogP contribution in [0.4, 0.5) is 5.95 Å². The van der Waals surface area contributed by atoms with Crippen LogP contribution in [-0.4, -0.2) is 37.5 Å². The molecule has 1 aromatic heterocycles. The zero-order chi connectivity index (χ0) is 15.2. The van der Waals surface area contributed by atoms with Gasteiger partial charge >= 0.3 is 5.97 Å². The standard InChI is InChI=1S/C13H16N6O2/c1-8-16-18-13(19-17-8)15-7-10-4-2-9(3-5-10)6-11(14)12(20)21/h2-5,11H,6-7,14H2,1H3,(H,20,21)(H,15,18,19)/t11-/m0/s1. The number of rotatable bonds is 6. The van der Waals surface area contributed by atoms with Crippen molar-refractivity contribution in [2.45, 2.75) is 25.9 Å². The molecule has 1 heterocycles. The van der Waals surface area contributed by atoms with Gasteiger partial charge in [-0.1, -0.05) is 24.3 Å². The van der Waals surface area contributed by atoms with E-state index < -0.39 is 12.0 Å². The first-order valence-electron chi connectivity index (χ1n) is 6.38. The zero-order valence-corrected chi connectivity index (χ0v) is 11.5. The van der Waals surface area contributed by atoms with Crippen LogP contribution in [0.5, 0.6) is 0 Å². The Labute approximate surface area is 121 Å². The fourth-order valence-corrected chi connectivity index (χ4v) is 1.67. The number of nitrogens with two attached hydrogens (primary N) is 1. The molecule has 0 spiro atoms. The van der Waals surface area contributed by atoms with E-state index in [0.29, 0.717) is 24.7 Å². The Balaban J connectivity index is 1.90. The average molecular weight is 288 g/mol. The first-order valence-corrected chi connectivity index (χ1v) is 6.38. The summed E-state index contributed by atoms with van der Waals surface area (Å²) >= 11 is 0. The molecule has 110 valence electrons. The number of aliphatic carboxylic acids is 1. The second kappa shape index (κ2) is 6.71. The minimum atomic E-state index is -1.00. The van der Waals surface area contributed by atoms with E-state index in [1.54, 1.807) is 6.92 Å². The maximum atomic E-state index is 10.7. The van der Waals surface area contributed by atoms with Gasteiger partial charge in [-0.15, -0.1) is 20.4 Å². The highest BCUT2D eigenvalue weighted by Crippen LogP contribution is 2.08. The van der Waals surface area contributed by atoms with Crippen molar-refractivity contribution in [3.05, 3.63) is 41.2 Å². The molecule has 2 aromatic rings. The number of anilines is 1. The smallest absolute Gasteiger partial charge is 0.320 e. The van der Waals surface area contributed by atoms with Gasteiger partial charge in [-0.25, -0.2) is 0 Å². The summed E-state index contributed by atoms with van der Waals surface area (Å²) in [6.45, 7) is 2.24. The number of benzene rings is 1. The van der Waals surface area contributed by atoms with Gasteiger partial charge < -0.3 is 16.2 Å². The lowest BCUT2D eigenvalue weighted by atomic mass is 10.0. The largest absolute Gasteiger partial charge is 0.480 e. The molecule has 0 aliphatic carbocycles. The van der Waals surface area contributed by atoms with Crippen LogP contribution in [0.15, 0.2) is 24.3 Å². The molecule has 1 atom stereocenters. The van der Waals surface area contributed by atoms with E-state index in [-0.39, 0.29) is 0 Å². The summed E-state index contributed by atoms with van der Waals surface area (Å²) in [5.74, 6) is -0.130. The van der Waals surface area contributed by atoms with Crippen molar-refractivity contribution in [1.82, 2.24) is 20.4 Å². The summed E-state index contributed by atoms with van der Waals surface area (Å²) in [5, 5.41) is 27.1. The molecule has 0 aliphatic rings. The van der Waals surface area contributed by atoms with Gasteiger partial charge in [0.2, 0.25) is 0 Å². The molecule has 21 heavy (non-hydrogen) atoms. The topological polar surface area (TPSA) is 127 Å². The van der Waals surface area contributed by atoms with Crippen LogP contribution < -0.4 is 11.1 Å². The summed E-state index contributed by atoms with van der Waals surface area (Å²) in [4.78, 5) is 10.7. The van der Waals surface area contributed by atoms with Crippen molar-refractivity contribution in [2.24, 2.45) is 5.73 Å². The van der Waals surface area contributed by atoms with Crippen LogP contribution in [0.2, 0.25) is 0 Å². The molecule has 8 nitrogen and oxygen atoms in total. The molecule has 0 saturated heterocycles. The van der Waals surface area contributed by atoms with Gasteiger partial charge in [0, 0.05) is 6.54 Å². The van der Waals surface area contributed by atoms with Crippen molar-refractivity contribution in [3.8, 4) is 0 Å². The number of hydrogen-bond acceptors (Lipinski definition) is 7. The number of carbonyl (C=O) groups is 1. The fraction of sp³-hybridized carbons (Fsp3) is 0.308. The second-order valence-electron chi connectivity index (χ2n) is 4.59. The molecular formula is C13H16N6O2. The highest BCUT2D eigenvalue weighted by molar-refractivity contribution is 5.73. The number of hydrogen-bond donors (Lipinski definition) is 3. The lowest BCUT2D eigenvalue weighted by Gasteiger charge is -2.08. The molecule has 0 amide bonds. The van der Waals surface area contributed by atoms with Crippen LogP contribution in [0.3, 0.4) is 0 Å². The summed E-state index contributed by atoms with van der Waals surface area (Å²) in [5.41, 5.74) is 7.38. The van der Waals surface area contributed by atoms with Gasteiger partial charge in [0.1, 0.15) is 6.04 Å². The van der Waals surface area contributed by atoms with Gasteiger partial charge in [-0.2, -0.15) is 0 Å². The van der Waals surface area contributed by atoms with Crippen molar-refractivity contribution in [1.29, 1.82) is 0 Å². The average Bonchev–Trinajstić information content (AvgIpc) is 2.48. The van der Waals surface area contributed by atoms with E-state index in [9.17, 15) is 4.79 Å². The van der Waals surface area contributed by atoms with E-state index >= 15 is 0 Å². The molecule has 0 fully saturated rings. The lowest BCUT2D eigenvalue weighted by molar-refractivity contribution is -0.138. The molecule has 0 bridgehead atoms. The Bertz CT molecular complexity index is 599. The minimum absolute atomic E-state index is 0.304. The van der Waals surface area contributed by atoms with Gasteiger partial charge in [0.25, 0.3) is 5.95 Å². The minimum Gasteiger partial charge on any atom is -0.480 e. The van der Waals surface area contributed by atoms with Crippen LogP contribution in [-0.2, 0) is 17.8 Å². The highest BCUT2D eigenvalue weighted by Gasteiger charge is 2.11. The molecule has 1 aromatic carbocycles. The van der Waals surface area contributed by atoms with Crippen molar-refractivity contribution in [3.63, 3.8) is 0 Å². The van der Waals surface area contributed by atoms with Crippen LogP contribution in [0, 0.1) is 6.92 Å². The maximum absolute atomic E-state index is 10.7. The molecule has 0 unspecified atom stereocenters. The predicted molar refractivity (Wildman–Crippen MR) is 75.4 cm³/mol. The predicted octanol–water partition coefficient (Wildman–Crippen LogP) is 0.142. The van der Waals surface area contributed by atoms with Crippen molar-refractivity contribution >= 4 is 11.9 Å². The van der Waals surface area contributed by atoms with E-state index in [1.165, 1.54) is 0 Å². The van der Waals surface area contributed by atoms with Crippen molar-refractivity contribution < 1.29 is 9.90 Å². The van der Waals surface area contributed by atoms with Gasteiger partial charge in [-0.05, 0) is 24.5 Å². The number of aryl methyl sites for hydroxylation is 1. The summed E-state index contributed by atoms with van der Waals surface area (Å²) in [6, 6.07) is 6.61. The second-order valence-corrected chi connectivity index (χ2v) is 4.59. The van der Waals surface area contributed by atoms with E-state index in [4.69, 9.17) is 10.8 Å². The molecule has 0 saturated carbocycles. The Morgan fingerprint density at radius 3 is 2.33 bits per heavy atom. The Morgan fingerprint density at radius 2 is 1.76 bits per heavy atom. The zero-order valence-electron chi connectivity index (χ0n) is 11.5. The Hall–Kier alpha value is -2.61. The lowest BCUT2D eigenvalue weighted by Crippen LogP contribution is -2.32. The summed E-state index contributed by atoms with van der Waals surface area (Å²) in [7, 11) is 0. The third-order valence-electron chi connectivity index (χ3n) is 2.83. The number of carboxylic acid groups (broad SMARTS) is 1. The first-order chi connectivity index (χ1) is 10.0. The van der Waals surface area contributed by atoms with Gasteiger partial charge in [0.05, 0.1) is 0 Å². The molecule has 4 N–H and O–H groups in total. The third kappa shape index (κ3) is 4.46. The van der Waals surface area contributed by atoms with E-state index in [0.717, 1.165) is 11.1 Å². The molecule has 0 aliphatic heterocycles. The summed E-state index contributed by atoms with van der Waals surface area (Å²) < 4.78 is 0. The number of nitrogens with zero attached hydrogens (tertiary/aromatic N) is 4. The van der Waals surface area contributed by atoms with E-state index in [2.05, 4.69) is 25.7 Å². The first kappa shape index (κ1) is 14.8. The highest BCUT2D eigenvalue weighted by atomic mass is 16.4. The van der Waals surface area contributed by atoms with Gasteiger partial charge in [0.15, 0.2) is 5.82 Å². The molecule has 0 radical (unpaired) electrons. The number of carboxylic acids is 1. The third-order valence-corrected chi connectivity index (χ3v) is 2.83. The summed E-state index contributed by atoms with van der Waals surface area (Å²) in [6.07, 6.45) is 0.304. The SMILES string of the molecule is Cc1nnc(NCc2ccc(C[C@H](N)C(=O)O)cc2)nn1. The molecule has 8 heteroatoms. The van der Waals surface area contributed by atoms with Crippen LogP contribution in [0.25, 0.3) is 0 Å². The Kier molecular flexibility index (Phi) is 4.72. The van der Waals surface area contributed by atoms with E-state index in [1.807, 2.05) is 24.3 Å².